The molecule has 0 radical (unpaired) electrons. The molecule has 1 saturated heterocycles. The fraction of sp³-hybridized carbons (Fsp3) is 0.412. The van der Waals surface area contributed by atoms with E-state index in [-0.39, 0.29) is 56.6 Å². The van der Waals surface area contributed by atoms with E-state index in [0.29, 0.717) is 23.3 Å². The number of carbonyl (C=O) groups is 6. The molecule has 8 aromatic rings. The molecule has 18 nitrogen and oxygen atoms in total. The summed E-state index contributed by atoms with van der Waals surface area (Å²) >= 11 is 0. The molecule has 0 spiro atoms. The molecular formula is C102H118O18. The van der Waals surface area contributed by atoms with Crippen molar-refractivity contribution in [2.24, 2.45) is 23.7 Å². The Morgan fingerprint density at radius 2 is 0.717 bits per heavy atom. The van der Waals surface area contributed by atoms with Crippen LogP contribution in [0.4, 0.5) is 0 Å². The van der Waals surface area contributed by atoms with Crippen LogP contribution in [0.5, 0.6) is 40.2 Å². The van der Waals surface area contributed by atoms with Gasteiger partial charge in [-0.15, -0.1) is 0 Å². The summed E-state index contributed by atoms with van der Waals surface area (Å²) in [5.74, 6) is 0.0186. The van der Waals surface area contributed by atoms with E-state index >= 15 is 0 Å². The lowest BCUT2D eigenvalue weighted by molar-refractivity contribution is -0.164. The molecule has 5 fully saturated rings. The smallest absolute Gasteiger partial charge is 0.339 e. The molecule has 5 aliphatic rings. The van der Waals surface area contributed by atoms with Crippen molar-refractivity contribution in [3.63, 3.8) is 0 Å². The zero-order valence-corrected chi connectivity index (χ0v) is 72.5. The lowest BCUT2D eigenvalue weighted by Crippen LogP contribution is -2.44. The molecule has 2 bridgehead atoms. The van der Waals surface area contributed by atoms with Gasteiger partial charge >= 0.3 is 35.8 Å². The van der Waals surface area contributed by atoms with Gasteiger partial charge in [-0.25, -0.2) is 19.2 Å². The standard InChI is InChI=1S/C40H48O8.C32H36O6.C30H34O4/c1-24(2)36(41)45-34-29-23-30-32(38(43)46-35(30)34)31(29)37(42)44-33(25-11-15-27(16-12-25)47-39(3)19-7-5-8-20-39)26-13-17-28(18-14-26)48-40(4)21-9-6-10-22-40;1-21(2)29(33)35-25-15-13-24(14-16-25)30(34)36-28(22-9-17-26(18-10-22)37-31(3,4)5)23-11-19-27(20-12-23)38-32(6,7)8;1-8-21-9-11-24(12-10-21)28(31)32-27(22-13-17-25(18-14-22)33-29(2,3)4)23-15-19-26(20-16-23)34-30(5,6)7/h11-18,29-35H,1,5-10,19-23H2,2-4H3;9-20,28H,1H2,2-8H3;8-20,27H,1H2,2-7H3. The third-order valence-corrected chi connectivity index (χ3v) is 21.5. The van der Waals surface area contributed by atoms with E-state index in [2.05, 4.69) is 33.6 Å². The second-order valence-electron chi connectivity index (χ2n) is 36.6. The maximum absolute atomic E-state index is 14.2. The Kier molecular flexibility index (Phi) is 28.2. The largest absolute Gasteiger partial charge is 0.488 e. The summed E-state index contributed by atoms with van der Waals surface area (Å²) < 4.78 is 71.7. The Labute approximate surface area is 708 Å². The molecule has 634 valence electrons. The Bertz CT molecular complexity index is 4680. The van der Waals surface area contributed by atoms with Gasteiger partial charge in [-0.3, -0.25) is 9.59 Å². The van der Waals surface area contributed by atoms with Crippen molar-refractivity contribution >= 4 is 41.9 Å². The summed E-state index contributed by atoms with van der Waals surface area (Å²) in [6.07, 6.45) is 10.3. The molecule has 4 aliphatic carbocycles. The molecule has 0 aromatic heterocycles. The number of fused-ring (bicyclic) bond motifs is 1. The molecule has 1 aliphatic heterocycles. The topological polar surface area (TPSA) is 213 Å². The summed E-state index contributed by atoms with van der Waals surface area (Å²) in [6, 6.07) is 59.3. The number of ether oxygens (including phenoxy) is 12. The fourth-order valence-electron chi connectivity index (χ4n) is 15.9. The van der Waals surface area contributed by atoms with Gasteiger partial charge in [0.25, 0.3) is 0 Å². The van der Waals surface area contributed by atoms with Crippen molar-refractivity contribution in [1.29, 1.82) is 0 Å². The lowest BCUT2D eigenvalue weighted by atomic mass is 9.78. The summed E-state index contributed by atoms with van der Waals surface area (Å²) in [5, 5.41) is 0. The van der Waals surface area contributed by atoms with Crippen molar-refractivity contribution in [2.45, 2.75) is 246 Å². The minimum atomic E-state index is -0.769. The Morgan fingerprint density at radius 1 is 0.408 bits per heavy atom. The van der Waals surface area contributed by atoms with E-state index in [4.69, 9.17) is 56.8 Å². The summed E-state index contributed by atoms with van der Waals surface area (Å²) in [7, 11) is 0. The van der Waals surface area contributed by atoms with Crippen molar-refractivity contribution in [1.82, 2.24) is 0 Å². The van der Waals surface area contributed by atoms with Crippen LogP contribution in [0.1, 0.15) is 259 Å². The third kappa shape index (κ3) is 24.4. The van der Waals surface area contributed by atoms with E-state index in [1.807, 2.05) is 241 Å². The highest BCUT2D eigenvalue weighted by atomic mass is 16.6. The number of carbonyl (C=O) groups excluding carboxylic acids is 6. The van der Waals surface area contributed by atoms with Crippen molar-refractivity contribution in [3.8, 4) is 40.2 Å². The van der Waals surface area contributed by atoms with Gasteiger partial charge in [0.15, 0.2) is 18.3 Å². The van der Waals surface area contributed by atoms with Crippen LogP contribution in [0.25, 0.3) is 6.08 Å². The van der Waals surface area contributed by atoms with Crippen LogP contribution in [0.15, 0.2) is 225 Å². The average molecular weight is 1630 g/mol. The van der Waals surface area contributed by atoms with E-state index in [9.17, 15) is 28.8 Å². The zero-order chi connectivity index (χ0) is 86.7. The third-order valence-electron chi connectivity index (χ3n) is 21.5. The minimum Gasteiger partial charge on any atom is -0.488 e. The van der Waals surface area contributed by atoms with E-state index in [0.717, 1.165) is 125 Å². The Balaban J connectivity index is 0.000000179. The fourth-order valence-corrected chi connectivity index (χ4v) is 15.9. The number of rotatable bonds is 25. The molecule has 8 aromatic carbocycles. The minimum absolute atomic E-state index is 0.184. The molecule has 6 unspecified atom stereocenters. The van der Waals surface area contributed by atoms with E-state index in [1.165, 1.54) is 12.8 Å². The van der Waals surface area contributed by atoms with Gasteiger partial charge in [0.2, 0.25) is 0 Å². The molecule has 6 atom stereocenters. The summed E-state index contributed by atoms with van der Waals surface area (Å²) in [5.41, 5.74) is 5.52. The molecule has 18 heteroatoms. The summed E-state index contributed by atoms with van der Waals surface area (Å²) in [4.78, 5) is 77.7. The SMILES string of the molecule is C=C(C)C(=O)OC1C2CC3C1OC(=O)C3C2C(=O)OC(c1ccc(OC2(C)CCCCC2)cc1)c1ccc(OC2(C)CCCCC2)cc1.C=C(C)C(=O)Oc1ccc(C(=O)OC(c2ccc(OC(C)(C)C)cc2)c2ccc(OC(C)(C)C)cc2)cc1.C=Cc1ccc(C(=O)OC(c2ccc(OC(C)(C)C)cc2)c2ccc(OC(C)(C)C)cc2)cc1. The Hall–Kier alpha value is -11.4. The van der Waals surface area contributed by atoms with Crippen LogP contribution in [0.2, 0.25) is 0 Å². The lowest BCUT2D eigenvalue weighted by Gasteiger charge is -2.34. The number of benzene rings is 8. The van der Waals surface area contributed by atoms with Crippen LogP contribution in [-0.4, -0.2) is 81.6 Å². The van der Waals surface area contributed by atoms with Crippen molar-refractivity contribution < 1.29 is 85.6 Å². The van der Waals surface area contributed by atoms with Gasteiger partial charge in [-0.1, -0.05) is 124 Å². The van der Waals surface area contributed by atoms with Crippen LogP contribution < -0.4 is 33.2 Å². The molecule has 13 rings (SSSR count). The molecule has 120 heavy (non-hydrogen) atoms. The summed E-state index contributed by atoms with van der Waals surface area (Å²) in [6.45, 7) is 42.4. The van der Waals surface area contributed by atoms with Gasteiger partial charge in [0.05, 0.1) is 23.0 Å². The first-order chi connectivity index (χ1) is 56.7. The van der Waals surface area contributed by atoms with Gasteiger partial charge in [-0.2, -0.15) is 0 Å². The second kappa shape index (κ2) is 37.9. The molecule has 1 heterocycles. The highest BCUT2D eigenvalue weighted by Crippen LogP contribution is 2.59. The van der Waals surface area contributed by atoms with Gasteiger partial charge in [0, 0.05) is 23.0 Å². The zero-order valence-electron chi connectivity index (χ0n) is 72.5. The predicted octanol–water partition coefficient (Wildman–Crippen LogP) is 22.9. The van der Waals surface area contributed by atoms with E-state index < -0.39 is 78.2 Å². The molecular weight excluding hydrogens is 1510 g/mol. The highest BCUT2D eigenvalue weighted by Gasteiger charge is 2.70. The Morgan fingerprint density at radius 3 is 1.03 bits per heavy atom. The number of esters is 6. The maximum atomic E-state index is 14.2. The van der Waals surface area contributed by atoms with Crippen molar-refractivity contribution in [3.05, 3.63) is 275 Å². The van der Waals surface area contributed by atoms with Crippen LogP contribution in [-0.2, 0) is 42.9 Å². The van der Waals surface area contributed by atoms with Crippen LogP contribution in [0.3, 0.4) is 0 Å². The predicted molar refractivity (Wildman–Crippen MR) is 463 cm³/mol. The van der Waals surface area contributed by atoms with Gasteiger partial charge < -0.3 is 56.8 Å². The van der Waals surface area contributed by atoms with E-state index in [1.54, 1.807) is 56.3 Å². The second-order valence-corrected chi connectivity index (χ2v) is 36.6. The van der Waals surface area contributed by atoms with Crippen LogP contribution in [0, 0.1) is 23.7 Å². The normalized spacial score (nSPS) is 18.8. The highest BCUT2D eigenvalue weighted by molar-refractivity contribution is 5.92. The number of hydrogen-bond acceptors (Lipinski definition) is 18. The quantitative estimate of drug-likeness (QED) is 0.0225. The van der Waals surface area contributed by atoms with Gasteiger partial charge in [-0.05, 0) is 317 Å². The first-order valence-corrected chi connectivity index (χ1v) is 41.8. The molecule has 0 amide bonds. The van der Waals surface area contributed by atoms with Crippen molar-refractivity contribution in [2.75, 3.05) is 0 Å². The first-order valence-electron chi connectivity index (χ1n) is 41.8. The van der Waals surface area contributed by atoms with Gasteiger partial charge in [0.1, 0.15) is 86.1 Å². The monoisotopic (exact) mass is 1630 g/mol. The first kappa shape index (κ1) is 89.4. The number of hydrogen-bond donors (Lipinski definition) is 0. The average Bonchev–Trinajstić information content (AvgIpc) is 1.54. The molecule has 4 saturated carbocycles. The van der Waals surface area contributed by atoms with Crippen LogP contribution >= 0.6 is 0 Å². The molecule has 0 N–H and O–H groups in total. The maximum Gasteiger partial charge on any atom is 0.339 e.